The Balaban J connectivity index is 2.12. The number of rotatable bonds is 7. The van der Waals surface area contributed by atoms with Gasteiger partial charge in [-0.2, -0.15) is 0 Å². The predicted molar refractivity (Wildman–Crippen MR) is 81.4 cm³/mol. The fraction of sp³-hybridized carbons (Fsp3) is 0.714. The van der Waals surface area contributed by atoms with E-state index in [0.29, 0.717) is 11.4 Å². The summed E-state index contributed by atoms with van der Waals surface area (Å²) in [5, 5.41) is 0. The van der Waals surface area contributed by atoms with Crippen LogP contribution in [0.5, 0.6) is 0 Å². The van der Waals surface area contributed by atoms with E-state index in [-0.39, 0.29) is 12.1 Å². The minimum Gasteiger partial charge on any atom is -0.381 e. The van der Waals surface area contributed by atoms with E-state index in [1.165, 1.54) is 0 Å². The summed E-state index contributed by atoms with van der Waals surface area (Å²) in [5.41, 5.74) is 6.53. The number of nitrogens with one attached hydrogen (secondary N) is 1. The molecule has 6 nitrogen and oxygen atoms in total. The largest absolute Gasteiger partial charge is 0.381 e. The first-order valence-corrected chi connectivity index (χ1v) is 8.92. The van der Waals surface area contributed by atoms with Gasteiger partial charge in [-0.1, -0.05) is 6.92 Å². The van der Waals surface area contributed by atoms with Gasteiger partial charge in [0.05, 0.1) is 11.0 Å². The highest BCUT2D eigenvalue weighted by Gasteiger charge is 2.29. The molecule has 0 aromatic carbocycles. The number of sulfonamides is 1. The number of hydrogen-bond acceptors (Lipinski definition) is 4. The fourth-order valence-electron chi connectivity index (χ4n) is 2.84. The van der Waals surface area contributed by atoms with Crippen molar-refractivity contribution in [2.75, 3.05) is 7.11 Å². The molecule has 0 aliphatic heterocycles. The topological polar surface area (TPSA) is 86.3 Å². The maximum Gasteiger partial charge on any atom is 0.242 e. The molecule has 1 fully saturated rings. The van der Waals surface area contributed by atoms with Crippen LogP contribution in [-0.2, 0) is 27.8 Å². The van der Waals surface area contributed by atoms with Gasteiger partial charge in [0.25, 0.3) is 0 Å². The molecular weight excluding hydrogens is 290 g/mol. The zero-order chi connectivity index (χ0) is 15.5. The number of aromatic nitrogens is 1. The van der Waals surface area contributed by atoms with Crippen LogP contribution < -0.4 is 10.5 Å². The lowest BCUT2D eigenvalue weighted by Crippen LogP contribution is -2.33. The quantitative estimate of drug-likeness (QED) is 0.791. The van der Waals surface area contributed by atoms with Crippen LogP contribution in [-0.4, -0.2) is 32.2 Å². The molecule has 1 aliphatic rings. The highest BCUT2D eigenvalue weighted by molar-refractivity contribution is 7.89. The first-order chi connectivity index (χ1) is 10.00. The zero-order valence-corrected chi connectivity index (χ0v) is 13.5. The van der Waals surface area contributed by atoms with E-state index in [4.69, 9.17) is 10.5 Å². The Kier molecular flexibility index (Phi) is 5.43. The molecule has 0 amide bonds. The Morgan fingerprint density at radius 1 is 1.48 bits per heavy atom. The van der Waals surface area contributed by atoms with Crippen LogP contribution >= 0.6 is 0 Å². The smallest absolute Gasteiger partial charge is 0.242 e. The number of nitrogens with zero attached hydrogens (tertiary/aromatic N) is 1. The van der Waals surface area contributed by atoms with E-state index >= 15 is 0 Å². The minimum atomic E-state index is -3.49. The average Bonchev–Trinajstić information content (AvgIpc) is 3.05. The van der Waals surface area contributed by atoms with Crippen LogP contribution in [0.25, 0.3) is 0 Å². The first kappa shape index (κ1) is 16.5. The third-order valence-electron chi connectivity index (χ3n) is 3.98. The molecule has 120 valence electrons. The van der Waals surface area contributed by atoms with Gasteiger partial charge in [-0.3, -0.25) is 0 Å². The van der Waals surface area contributed by atoms with Crippen LogP contribution in [0.3, 0.4) is 0 Å². The standard InChI is InChI=1S/C14H25N3O3S/c1-3-6-17-10-14(8-12(17)9-15)21(18,19)16-11-4-5-13(7-11)20-2/h8,10-11,13,16H,3-7,9,15H2,1-2H3. The van der Waals surface area contributed by atoms with Crippen molar-refractivity contribution in [3.05, 3.63) is 18.0 Å². The van der Waals surface area contributed by atoms with E-state index in [9.17, 15) is 8.42 Å². The lowest BCUT2D eigenvalue weighted by Gasteiger charge is -2.12. The van der Waals surface area contributed by atoms with Crippen LogP contribution in [0, 0.1) is 0 Å². The maximum atomic E-state index is 12.5. The van der Waals surface area contributed by atoms with Crippen molar-refractivity contribution in [1.29, 1.82) is 0 Å². The summed E-state index contributed by atoms with van der Waals surface area (Å²) in [4.78, 5) is 0.303. The third-order valence-corrected chi connectivity index (χ3v) is 5.47. The number of aryl methyl sites for hydroxylation is 1. The molecule has 0 saturated heterocycles. The van der Waals surface area contributed by atoms with Crippen molar-refractivity contribution in [3.8, 4) is 0 Å². The maximum absolute atomic E-state index is 12.5. The molecule has 2 unspecified atom stereocenters. The monoisotopic (exact) mass is 315 g/mol. The lowest BCUT2D eigenvalue weighted by molar-refractivity contribution is 0.107. The SMILES string of the molecule is CCCn1cc(S(=O)(=O)NC2CCC(OC)C2)cc1CN. The number of ether oxygens (including phenoxy) is 1. The molecule has 1 aromatic heterocycles. The molecule has 1 heterocycles. The molecule has 0 bridgehead atoms. The number of methoxy groups -OCH3 is 1. The van der Waals surface area contributed by atoms with E-state index in [2.05, 4.69) is 11.6 Å². The van der Waals surface area contributed by atoms with Crippen LogP contribution in [0.2, 0.25) is 0 Å². The lowest BCUT2D eigenvalue weighted by atomic mass is 10.3. The van der Waals surface area contributed by atoms with Crippen molar-refractivity contribution >= 4 is 10.0 Å². The zero-order valence-electron chi connectivity index (χ0n) is 12.7. The van der Waals surface area contributed by atoms with Gasteiger partial charge in [-0.05, 0) is 31.7 Å². The van der Waals surface area contributed by atoms with Gasteiger partial charge >= 0.3 is 0 Å². The molecule has 2 rings (SSSR count). The van der Waals surface area contributed by atoms with Crippen molar-refractivity contribution in [2.45, 2.75) is 62.7 Å². The van der Waals surface area contributed by atoms with Crippen LogP contribution in [0.15, 0.2) is 17.2 Å². The van der Waals surface area contributed by atoms with Crippen molar-refractivity contribution < 1.29 is 13.2 Å². The fourth-order valence-corrected chi connectivity index (χ4v) is 4.19. The summed E-state index contributed by atoms with van der Waals surface area (Å²) in [6.45, 7) is 3.16. The van der Waals surface area contributed by atoms with Gasteiger partial charge in [0.1, 0.15) is 0 Å². The summed E-state index contributed by atoms with van der Waals surface area (Å²) in [7, 11) is -1.82. The average molecular weight is 315 g/mol. The van der Waals surface area contributed by atoms with Crippen molar-refractivity contribution in [2.24, 2.45) is 5.73 Å². The highest BCUT2D eigenvalue weighted by Crippen LogP contribution is 2.24. The molecule has 21 heavy (non-hydrogen) atoms. The van der Waals surface area contributed by atoms with Gasteiger partial charge in [0.15, 0.2) is 0 Å². The van der Waals surface area contributed by atoms with Crippen molar-refractivity contribution in [1.82, 2.24) is 9.29 Å². The molecule has 1 aromatic rings. The summed E-state index contributed by atoms with van der Waals surface area (Å²) >= 11 is 0. The molecule has 1 aliphatic carbocycles. The molecule has 2 atom stereocenters. The predicted octanol–water partition coefficient (Wildman–Crippen LogP) is 1.20. The van der Waals surface area contributed by atoms with Crippen LogP contribution in [0.1, 0.15) is 38.3 Å². The molecule has 0 spiro atoms. The normalized spacial score (nSPS) is 22.8. The molecule has 3 N–H and O–H groups in total. The van der Waals surface area contributed by atoms with E-state index < -0.39 is 10.0 Å². The van der Waals surface area contributed by atoms with E-state index in [1.54, 1.807) is 19.4 Å². The minimum absolute atomic E-state index is 0.0456. The Morgan fingerprint density at radius 2 is 2.24 bits per heavy atom. The van der Waals surface area contributed by atoms with Gasteiger partial charge in [-0.15, -0.1) is 0 Å². The first-order valence-electron chi connectivity index (χ1n) is 7.44. The highest BCUT2D eigenvalue weighted by atomic mass is 32.2. The third kappa shape index (κ3) is 3.85. The Morgan fingerprint density at radius 3 is 2.81 bits per heavy atom. The second-order valence-electron chi connectivity index (χ2n) is 5.55. The summed E-state index contributed by atoms with van der Waals surface area (Å²) in [5.74, 6) is 0. The Bertz CT molecular complexity index is 568. The van der Waals surface area contributed by atoms with Gasteiger partial charge in [0, 0.05) is 38.1 Å². The Labute approximate surface area is 126 Å². The van der Waals surface area contributed by atoms with E-state index in [1.807, 2.05) is 4.57 Å². The van der Waals surface area contributed by atoms with E-state index in [0.717, 1.165) is 37.9 Å². The van der Waals surface area contributed by atoms with Crippen molar-refractivity contribution in [3.63, 3.8) is 0 Å². The Hall–Kier alpha value is -0.890. The van der Waals surface area contributed by atoms with Gasteiger partial charge < -0.3 is 15.0 Å². The summed E-state index contributed by atoms with van der Waals surface area (Å²) in [6, 6.07) is 1.62. The molecule has 1 saturated carbocycles. The van der Waals surface area contributed by atoms with Gasteiger partial charge in [-0.25, -0.2) is 13.1 Å². The number of nitrogens with two attached hydrogens (primary N) is 1. The summed E-state index contributed by atoms with van der Waals surface area (Å²) < 4.78 is 34.9. The second kappa shape index (κ2) is 6.91. The van der Waals surface area contributed by atoms with Gasteiger partial charge in [0.2, 0.25) is 10.0 Å². The van der Waals surface area contributed by atoms with Crippen LogP contribution in [0.4, 0.5) is 0 Å². The number of hydrogen-bond donors (Lipinski definition) is 2. The summed E-state index contributed by atoms with van der Waals surface area (Å²) in [6.07, 6.45) is 5.21. The molecule has 7 heteroatoms. The molecular formula is C14H25N3O3S. The molecule has 0 radical (unpaired) electrons. The second-order valence-corrected chi connectivity index (χ2v) is 7.27.